The van der Waals surface area contributed by atoms with Crippen LogP contribution < -0.4 is 0 Å². The maximum Gasteiger partial charge on any atom is 0.311 e. The van der Waals surface area contributed by atoms with Crippen LogP contribution in [0.1, 0.15) is 29.4 Å². The van der Waals surface area contributed by atoms with Gasteiger partial charge in [0.2, 0.25) is 0 Å². The predicted molar refractivity (Wildman–Crippen MR) is 81.8 cm³/mol. The van der Waals surface area contributed by atoms with Crippen molar-refractivity contribution >= 4 is 21.9 Å². The highest BCUT2D eigenvalue weighted by Gasteiger charge is 2.47. The van der Waals surface area contributed by atoms with E-state index in [-0.39, 0.29) is 5.92 Å². The normalized spacial score (nSPS) is 22.2. The number of aliphatic carboxylic acids is 1. The summed E-state index contributed by atoms with van der Waals surface area (Å²) in [4.78, 5) is 11.7. The Bertz CT molecular complexity index is 624. The SMILES string of the molecule is O=C(O)C(c1ccccc1Br)C1CC1c1ccccc1. The van der Waals surface area contributed by atoms with Crippen LogP contribution in [0.3, 0.4) is 0 Å². The second kappa shape index (κ2) is 5.41. The minimum atomic E-state index is -0.736. The van der Waals surface area contributed by atoms with E-state index in [0.29, 0.717) is 5.92 Å². The van der Waals surface area contributed by atoms with Crippen LogP contribution in [0, 0.1) is 5.92 Å². The molecule has 3 heteroatoms. The van der Waals surface area contributed by atoms with Gasteiger partial charge in [-0.05, 0) is 35.4 Å². The van der Waals surface area contributed by atoms with Crippen LogP contribution in [-0.4, -0.2) is 11.1 Å². The molecule has 20 heavy (non-hydrogen) atoms. The standard InChI is InChI=1S/C17H15BrO2/c18-15-9-5-4-8-12(15)16(17(19)20)14-10-13(14)11-6-2-1-3-7-11/h1-9,13-14,16H,10H2,(H,19,20). The molecule has 0 spiro atoms. The Morgan fingerprint density at radius 3 is 2.40 bits per heavy atom. The average Bonchev–Trinajstić information content (AvgIpc) is 3.22. The summed E-state index contributed by atoms with van der Waals surface area (Å²) in [5, 5.41) is 9.61. The highest BCUT2D eigenvalue weighted by atomic mass is 79.9. The molecule has 2 aromatic rings. The lowest BCUT2D eigenvalue weighted by Crippen LogP contribution is -2.15. The molecule has 2 nitrogen and oxygen atoms in total. The Morgan fingerprint density at radius 2 is 1.75 bits per heavy atom. The Hall–Kier alpha value is -1.61. The molecule has 2 aromatic carbocycles. The van der Waals surface area contributed by atoms with Crippen molar-refractivity contribution in [3.05, 3.63) is 70.2 Å². The number of hydrogen-bond acceptors (Lipinski definition) is 1. The van der Waals surface area contributed by atoms with E-state index in [1.54, 1.807) is 0 Å². The van der Waals surface area contributed by atoms with Gasteiger partial charge in [0, 0.05) is 4.47 Å². The van der Waals surface area contributed by atoms with E-state index in [1.807, 2.05) is 42.5 Å². The number of carboxylic acid groups (broad SMARTS) is 1. The van der Waals surface area contributed by atoms with Crippen LogP contribution in [0.25, 0.3) is 0 Å². The van der Waals surface area contributed by atoms with Gasteiger partial charge in [0.1, 0.15) is 0 Å². The van der Waals surface area contributed by atoms with E-state index in [4.69, 9.17) is 0 Å². The van der Waals surface area contributed by atoms with Crippen molar-refractivity contribution in [1.29, 1.82) is 0 Å². The van der Waals surface area contributed by atoms with Crippen LogP contribution in [0.5, 0.6) is 0 Å². The molecular weight excluding hydrogens is 316 g/mol. The summed E-state index contributed by atoms with van der Waals surface area (Å²) in [5.41, 5.74) is 2.12. The number of rotatable bonds is 4. The summed E-state index contributed by atoms with van der Waals surface area (Å²) in [6.45, 7) is 0. The summed E-state index contributed by atoms with van der Waals surface area (Å²) in [7, 11) is 0. The monoisotopic (exact) mass is 330 g/mol. The molecule has 3 atom stereocenters. The van der Waals surface area contributed by atoms with Crippen molar-refractivity contribution in [1.82, 2.24) is 0 Å². The summed E-state index contributed by atoms with van der Waals surface area (Å²) < 4.78 is 0.881. The van der Waals surface area contributed by atoms with Crippen molar-refractivity contribution in [3.8, 4) is 0 Å². The van der Waals surface area contributed by atoms with Crippen molar-refractivity contribution in [2.75, 3.05) is 0 Å². The van der Waals surface area contributed by atoms with Crippen molar-refractivity contribution in [3.63, 3.8) is 0 Å². The van der Waals surface area contributed by atoms with Gasteiger partial charge >= 0.3 is 5.97 Å². The van der Waals surface area contributed by atoms with Gasteiger partial charge in [-0.1, -0.05) is 64.5 Å². The highest BCUT2D eigenvalue weighted by molar-refractivity contribution is 9.10. The van der Waals surface area contributed by atoms with Gasteiger partial charge in [-0.2, -0.15) is 0 Å². The molecule has 1 N–H and O–H groups in total. The third-order valence-electron chi connectivity index (χ3n) is 4.00. The van der Waals surface area contributed by atoms with E-state index in [2.05, 4.69) is 28.1 Å². The Balaban J connectivity index is 1.88. The molecule has 1 fully saturated rings. The average molecular weight is 331 g/mol. The molecule has 0 radical (unpaired) electrons. The van der Waals surface area contributed by atoms with E-state index >= 15 is 0 Å². The lowest BCUT2D eigenvalue weighted by molar-refractivity contribution is -0.139. The minimum Gasteiger partial charge on any atom is -0.481 e. The molecule has 102 valence electrons. The topological polar surface area (TPSA) is 37.3 Å². The first-order chi connectivity index (χ1) is 9.68. The van der Waals surface area contributed by atoms with E-state index in [9.17, 15) is 9.90 Å². The zero-order chi connectivity index (χ0) is 14.1. The predicted octanol–water partition coefficient (Wildman–Crippen LogP) is 4.42. The smallest absolute Gasteiger partial charge is 0.311 e. The van der Waals surface area contributed by atoms with Gasteiger partial charge in [-0.25, -0.2) is 0 Å². The quantitative estimate of drug-likeness (QED) is 0.900. The molecule has 0 saturated heterocycles. The molecule has 1 saturated carbocycles. The first-order valence-corrected chi connectivity index (χ1v) is 7.50. The highest BCUT2D eigenvalue weighted by Crippen LogP contribution is 2.55. The maximum absolute atomic E-state index is 11.7. The third-order valence-corrected chi connectivity index (χ3v) is 4.72. The molecular formula is C17H15BrO2. The minimum absolute atomic E-state index is 0.189. The molecule has 0 aliphatic heterocycles. The zero-order valence-corrected chi connectivity index (χ0v) is 12.5. The van der Waals surface area contributed by atoms with Crippen molar-refractivity contribution in [2.45, 2.75) is 18.3 Å². The number of hydrogen-bond donors (Lipinski definition) is 1. The fraction of sp³-hybridized carbons (Fsp3) is 0.235. The molecule has 0 amide bonds. The van der Waals surface area contributed by atoms with Crippen LogP contribution in [0.2, 0.25) is 0 Å². The van der Waals surface area contributed by atoms with Gasteiger partial charge in [0.25, 0.3) is 0 Å². The third kappa shape index (κ3) is 2.50. The second-order valence-corrected chi connectivity index (χ2v) is 6.11. The summed E-state index contributed by atoms with van der Waals surface area (Å²) in [5.74, 6) is -0.617. The van der Waals surface area contributed by atoms with Crippen LogP contribution in [-0.2, 0) is 4.79 Å². The van der Waals surface area contributed by atoms with Gasteiger partial charge in [0.05, 0.1) is 5.92 Å². The Morgan fingerprint density at radius 1 is 1.10 bits per heavy atom. The summed E-state index contributed by atoms with van der Waals surface area (Å²) in [6, 6.07) is 17.8. The van der Waals surface area contributed by atoms with Gasteiger partial charge in [-0.3, -0.25) is 4.79 Å². The first-order valence-electron chi connectivity index (χ1n) is 6.70. The number of benzene rings is 2. The van der Waals surface area contributed by atoms with Gasteiger partial charge in [0.15, 0.2) is 0 Å². The van der Waals surface area contributed by atoms with Crippen LogP contribution in [0.15, 0.2) is 59.1 Å². The van der Waals surface area contributed by atoms with Crippen LogP contribution in [0.4, 0.5) is 0 Å². The number of carbonyl (C=O) groups is 1. The van der Waals surface area contributed by atoms with E-state index < -0.39 is 11.9 Å². The lowest BCUT2D eigenvalue weighted by Gasteiger charge is -2.14. The van der Waals surface area contributed by atoms with Crippen LogP contribution >= 0.6 is 15.9 Å². The summed E-state index contributed by atoms with van der Waals surface area (Å²) in [6.07, 6.45) is 0.947. The Kier molecular flexibility index (Phi) is 3.62. The fourth-order valence-electron chi connectivity index (χ4n) is 2.94. The first kappa shape index (κ1) is 13.4. The summed E-state index contributed by atoms with van der Waals surface area (Å²) >= 11 is 3.47. The molecule has 3 rings (SSSR count). The Labute approximate surface area is 126 Å². The molecule has 0 bridgehead atoms. The van der Waals surface area contributed by atoms with Gasteiger partial charge < -0.3 is 5.11 Å². The largest absolute Gasteiger partial charge is 0.481 e. The maximum atomic E-state index is 11.7. The number of halogens is 1. The molecule has 1 aliphatic rings. The molecule has 0 aromatic heterocycles. The van der Waals surface area contributed by atoms with E-state index in [0.717, 1.165) is 16.5 Å². The fourth-order valence-corrected chi connectivity index (χ4v) is 3.47. The zero-order valence-electron chi connectivity index (χ0n) is 10.9. The van der Waals surface area contributed by atoms with Crippen molar-refractivity contribution < 1.29 is 9.90 Å². The number of carboxylic acids is 1. The lowest BCUT2D eigenvalue weighted by atomic mass is 9.92. The molecule has 3 unspecified atom stereocenters. The van der Waals surface area contributed by atoms with E-state index in [1.165, 1.54) is 5.56 Å². The molecule has 1 aliphatic carbocycles. The van der Waals surface area contributed by atoms with Crippen molar-refractivity contribution in [2.24, 2.45) is 5.92 Å². The molecule has 0 heterocycles. The second-order valence-electron chi connectivity index (χ2n) is 5.25. The van der Waals surface area contributed by atoms with Gasteiger partial charge in [-0.15, -0.1) is 0 Å².